The van der Waals surface area contributed by atoms with E-state index in [9.17, 15) is 18.0 Å². The second-order valence-electron chi connectivity index (χ2n) is 5.63. The summed E-state index contributed by atoms with van der Waals surface area (Å²) in [6.07, 6.45) is 1.22. The van der Waals surface area contributed by atoms with Crippen LogP contribution in [0.25, 0.3) is 11.0 Å². The molecule has 1 fully saturated rings. The van der Waals surface area contributed by atoms with Crippen LogP contribution in [0.4, 0.5) is 18.0 Å². The predicted molar refractivity (Wildman–Crippen MR) is 83.3 cm³/mol. The zero-order valence-corrected chi connectivity index (χ0v) is 13.0. The summed E-state index contributed by atoms with van der Waals surface area (Å²) in [4.78, 5) is 17.2. The Morgan fingerprint density at radius 2 is 1.96 bits per heavy atom. The van der Waals surface area contributed by atoms with Crippen LogP contribution in [-0.2, 0) is 6.18 Å². The highest BCUT2D eigenvalue weighted by atomic mass is 19.4. The van der Waals surface area contributed by atoms with E-state index in [1.54, 1.807) is 24.3 Å². The minimum absolute atomic E-state index is 0.0426. The fourth-order valence-electron chi connectivity index (χ4n) is 2.63. The largest absolute Gasteiger partial charge is 0.464 e. The van der Waals surface area contributed by atoms with Gasteiger partial charge in [0.2, 0.25) is 5.82 Å². The van der Waals surface area contributed by atoms with E-state index in [-0.39, 0.29) is 6.04 Å². The van der Waals surface area contributed by atoms with Gasteiger partial charge in [0.05, 0.1) is 11.0 Å². The first-order chi connectivity index (χ1) is 11.9. The molecule has 2 heterocycles. The Morgan fingerprint density at radius 1 is 1.24 bits per heavy atom. The average molecular weight is 352 g/mol. The molecule has 0 saturated heterocycles. The number of para-hydroxylation sites is 2. The lowest BCUT2D eigenvalue weighted by atomic mass is 9.92. The molecule has 1 aliphatic rings. The van der Waals surface area contributed by atoms with Gasteiger partial charge in [0.15, 0.2) is 0 Å². The van der Waals surface area contributed by atoms with E-state index in [2.05, 4.69) is 9.97 Å². The van der Waals surface area contributed by atoms with Gasteiger partial charge in [0, 0.05) is 18.4 Å². The molecular formula is C16H15F3N4O2. The van der Waals surface area contributed by atoms with Gasteiger partial charge in [-0.05, 0) is 31.4 Å². The first-order valence-electron chi connectivity index (χ1n) is 7.63. The first-order valence-corrected chi connectivity index (χ1v) is 7.63. The summed E-state index contributed by atoms with van der Waals surface area (Å²) in [7, 11) is 0. The standard InChI is InChI=1S/C12H11F3N2.C4H4N2O2/c13-12(14,15)11-16-9-6-1-2-7-10(9)17(11)8-4-3-5-8;7-4(8)6-2-1-5-3-6/h1-2,6-8H,3-5H2;1-3H,(H,7,8). The minimum atomic E-state index is -4.38. The number of carboxylic acid groups (broad SMARTS) is 1. The van der Waals surface area contributed by atoms with Gasteiger partial charge in [-0.25, -0.2) is 19.3 Å². The predicted octanol–water partition coefficient (Wildman–Crippen LogP) is 4.19. The summed E-state index contributed by atoms with van der Waals surface area (Å²) in [6, 6.07) is 6.74. The number of alkyl halides is 3. The second kappa shape index (κ2) is 6.58. The first kappa shape index (κ1) is 17.0. The van der Waals surface area contributed by atoms with Crippen LogP contribution >= 0.6 is 0 Å². The van der Waals surface area contributed by atoms with Crippen LogP contribution in [0.2, 0.25) is 0 Å². The lowest BCUT2D eigenvalue weighted by Gasteiger charge is -2.29. The van der Waals surface area contributed by atoms with E-state index >= 15 is 0 Å². The van der Waals surface area contributed by atoms with E-state index in [1.807, 2.05) is 0 Å². The zero-order valence-electron chi connectivity index (χ0n) is 13.0. The lowest BCUT2D eigenvalue weighted by molar-refractivity contribution is -0.148. The van der Waals surface area contributed by atoms with Gasteiger partial charge in [-0.1, -0.05) is 12.1 Å². The summed E-state index contributed by atoms with van der Waals surface area (Å²) in [6.45, 7) is 0. The molecule has 3 aromatic rings. The fraction of sp³-hybridized carbons (Fsp3) is 0.312. The Bertz CT molecular complexity index is 867. The molecule has 132 valence electrons. The molecule has 0 atom stereocenters. The van der Waals surface area contributed by atoms with Crippen LogP contribution in [0.3, 0.4) is 0 Å². The molecule has 0 unspecified atom stereocenters. The topological polar surface area (TPSA) is 72.9 Å². The minimum Gasteiger partial charge on any atom is -0.464 e. The summed E-state index contributed by atoms with van der Waals surface area (Å²) in [5, 5.41) is 8.20. The molecular weight excluding hydrogens is 337 g/mol. The molecule has 25 heavy (non-hydrogen) atoms. The molecule has 0 spiro atoms. The van der Waals surface area contributed by atoms with Crippen LogP contribution in [-0.4, -0.2) is 30.3 Å². The Hall–Kier alpha value is -2.84. The number of aromatic nitrogens is 4. The smallest absolute Gasteiger partial charge is 0.449 e. The maximum Gasteiger partial charge on any atom is 0.449 e. The number of nitrogens with zero attached hydrogens (tertiary/aromatic N) is 4. The highest BCUT2D eigenvalue weighted by Gasteiger charge is 2.40. The maximum absolute atomic E-state index is 12.9. The monoisotopic (exact) mass is 352 g/mol. The quantitative estimate of drug-likeness (QED) is 0.713. The second-order valence-corrected chi connectivity index (χ2v) is 5.63. The Kier molecular flexibility index (Phi) is 4.47. The summed E-state index contributed by atoms with van der Waals surface area (Å²) < 4.78 is 41.1. The average Bonchev–Trinajstić information content (AvgIpc) is 3.14. The summed E-state index contributed by atoms with van der Waals surface area (Å²) in [5.74, 6) is -0.761. The molecule has 0 aliphatic heterocycles. The molecule has 6 nitrogen and oxygen atoms in total. The zero-order chi connectivity index (χ0) is 18.0. The van der Waals surface area contributed by atoms with Crippen LogP contribution in [0.5, 0.6) is 0 Å². The Morgan fingerprint density at radius 3 is 2.44 bits per heavy atom. The van der Waals surface area contributed by atoms with Crippen molar-refractivity contribution in [1.82, 2.24) is 19.1 Å². The Labute approximate surface area is 140 Å². The van der Waals surface area contributed by atoms with Crippen molar-refractivity contribution >= 4 is 17.1 Å². The van der Waals surface area contributed by atoms with Crippen LogP contribution in [0.15, 0.2) is 43.0 Å². The van der Waals surface area contributed by atoms with Gasteiger partial charge in [-0.2, -0.15) is 13.2 Å². The Balaban J connectivity index is 0.000000192. The molecule has 1 N–H and O–H groups in total. The molecule has 0 radical (unpaired) electrons. The third-order valence-corrected chi connectivity index (χ3v) is 4.01. The van der Waals surface area contributed by atoms with Gasteiger partial charge >= 0.3 is 12.3 Å². The number of carbonyl (C=O) groups is 1. The van der Waals surface area contributed by atoms with Crippen molar-refractivity contribution in [2.24, 2.45) is 0 Å². The van der Waals surface area contributed by atoms with Crippen molar-refractivity contribution < 1.29 is 23.1 Å². The van der Waals surface area contributed by atoms with E-state index < -0.39 is 18.1 Å². The van der Waals surface area contributed by atoms with Crippen molar-refractivity contribution in [1.29, 1.82) is 0 Å². The van der Waals surface area contributed by atoms with Gasteiger partial charge in [0.1, 0.15) is 6.33 Å². The van der Waals surface area contributed by atoms with Crippen molar-refractivity contribution in [2.75, 3.05) is 0 Å². The maximum atomic E-state index is 12.9. The molecule has 9 heteroatoms. The third-order valence-electron chi connectivity index (χ3n) is 4.01. The number of halogens is 3. The number of imidazole rings is 2. The van der Waals surface area contributed by atoms with Crippen LogP contribution in [0, 0.1) is 0 Å². The molecule has 0 bridgehead atoms. The number of benzene rings is 1. The molecule has 2 aromatic heterocycles. The van der Waals surface area contributed by atoms with E-state index in [4.69, 9.17) is 5.11 Å². The van der Waals surface area contributed by atoms with E-state index in [0.717, 1.165) is 23.8 Å². The number of fused-ring (bicyclic) bond motifs is 1. The van der Waals surface area contributed by atoms with Gasteiger partial charge in [-0.15, -0.1) is 0 Å². The third kappa shape index (κ3) is 3.49. The summed E-state index contributed by atoms with van der Waals surface area (Å²) >= 11 is 0. The molecule has 1 saturated carbocycles. The fourth-order valence-corrected chi connectivity index (χ4v) is 2.63. The van der Waals surface area contributed by atoms with Crippen LogP contribution in [0.1, 0.15) is 31.1 Å². The normalized spacial score (nSPS) is 14.7. The lowest BCUT2D eigenvalue weighted by Crippen LogP contribution is -2.23. The van der Waals surface area contributed by atoms with Gasteiger partial charge in [-0.3, -0.25) is 0 Å². The number of hydrogen-bond donors (Lipinski definition) is 1. The van der Waals surface area contributed by atoms with Crippen molar-refractivity contribution in [2.45, 2.75) is 31.5 Å². The van der Waals surface area contributed by atoms with Gasteiger partial charge < -0.3 is 9.67 Å². The summed E-state index contributed by atoms with van der Waals surface area (Å²) in [5.41, 5.74) is 1.01. The van der Waals surface area contributed by atoms with Gasteiger partial charge in [0.25, 0.3) is 0 Å². The molecule has 1 aromatic carbocycles. The van der Waals surface area contributed by atoms with E-state index in [0.29, 0.717) is 11.0 Å². The van der Waals surface area contributed by atoms with Crippen molar-refractivity contribution in [3.8, 4) is 0 Å². The highest BCUT2D eigenvalue weighted by Crippen LogP contribution is 2.40. The highest BCUT2D eigenvalue weighted by molar-refractivity contribution is 5.76. The van der Waals surface area contributed by atoms with Crippen molar-refractivity contribution in [3.05, 3.63) is 48.8 Å². The van der Waals surface area contributed by atoms with Crippen molar-refractivity contribution in [3.63, 3.8) is 0 Å². The SMILES string of the molecule is FC(F)(F)c1nc2ccccc2n1C1CCC1.O=C(O)n1ccnc1. The van der Waals surface area contributed by atoms with Crippen LogP contribution < -0.4 is 0 Å². The molecule has 1 aliphatic carbocycles. The molecule has 0 amide bonds. The number of hydrogen-bond acceptors (Lipinski definition) is 3. The van der Waals surface area contributed by atoms with E-state index in [1.165, 1.54) is 23.3 Å². The molecule has 4 rings (SSSR count). The number of rotatable bonds is 1.